The highest BCUT2D eigenvalue weighted by atomic mass is 32.1. The molecular formula is C12H18N4OS. The van der Waals surface area contributed by atoms with Crippen LogP contribution in [0.15, 0.2) is 17.6 Å². The minimum Gasteiger partial charge on any atom is -0.496 e. The first kappa shape index (κ1) is 13.0. The number of hydrogen-bond acceptors (Lipinski definition) is 5. The van der Waals surface area contributed by atoms with Gasteiger partial charge >= 0.3 is 0 Å². The number of nitrogens with one attached hydrogen (secondary N) is 1. The molecule has 0 bridgehead atoms. The zero-order chi connectivity index (χ0) is 13.0. The van der Waals surface area contributed by atoms with Gasteiger partial charge in [-0.25, -0.2) is 0 Å². The molecule has 2 aromatic heterocycles. The molecule has 1 atom stereocenters. The van der Waals surface area contributed by atoms with E-state index in [0.717, 1.165) is 24.4 Å². The summed E-state index contributed by atoms with van der Waals surface area (Å²) in [6.07, 6.45) is 2.77. The Morgan fingerprint density at radius 3 is 3.00 bits per heavy atom. The van der Waals surface area contributed by atoms with Crippen LogP contribution in [0.4, 0.5) is 0 Å². The second-order valence-corrected chi connectivity index (χ2v) is 5.00. The molecule has 0 spiro atoms. The molecule has 0 aromatic carbocycles. The van der Waals surface area contributed by atoms with Crippen LogP contribution in [0.5, 0.6) is 5.75 Å². The Hall–Kier alpha value is -1.40. The molecule has 98 valence electrons. The number of aromatic nitrogens is 3. The summed E-state index contributed by atoms with van der Waals surface area (Å²) in [5, 5.41) is 13.6. The predicted octanol–water partition coefficient (Wildman–Crippen LogP) is 1.78. The third kappa shape index (κ3) is 2.88. The fraction of sp³-hybridized carbons (Fsp3) is 0.500. The smallest absolute Gasteiger partial charge is 0.134 e. The van der Waals surface area contributed by atoms with Crippen molar-refractivity contribution in [2.45, 2.75) is 19.4 Å². The first-order chi connectivity index (χ1) is 8.74. The van der Waals surface area contributed by atoms with Crippen molar-refractivity contribution < 1.29 is 4.74 Å². The highest BCUT2D eigenvalue weighted by Gasteiger charge is 2.18. The van der Waals surface area contributed by atoms with Crippen LogP contribution in [0.1, 0.15) is 23.5 Å². The van der Waals surface area contributed by atoms with Crippen LogP contribution < -0.4 is 10.1 Å². The summed E-state index contributed by atoms with van der Waals surface area (Å²) in [7, 11) is 3.58. The van der Waals surface area contributed by atoms with Crippen molar-refractivity contribution in [2.75, 3.05) is 13.7 Å². The lowest BCUT2D eigenvalue weighted by molar-refractivity contribution is 0.403. The molecule has 0 fully saturated rings. The van der Waals surface area contributed by atoms with Crippen LogP contribution in [0.3, 0.4) is 0 Å². The summed E-state index contributed by atoms with van der Waals surface area (Å²) in [5.74, 6) is 0.940. The van der Waals surface area contributed by atoms with E-state index >= 15 is 0 Å². The second kappa shape index (κ2) is 5.97. The zero-order valence-electron chi connectivity index (χ0n) is 10.9. The summed E-state index contributed by atoms with van der Waals surface area (Å²) in [5.41, 5.74) is 0.985. The fourth-order valence-corrected chi connectivity index (χ4v) is 2.87. The first-order valence-corrected chi connectivity index (χ1v) is 6.82. The van der Waals surface area contributed by atoms with Crippen LogP contribution >= 0.6 is 11.3 Å². The summed E-state index contributed by atoms with van der Waals surface area (Å²) in [6, 6.07) is 2.22. The second-order valence-electron chi connectivity index (χ2n) is 4.05. The topological polar surface area (TPSA) is 52.0 Å². The quantitative estimate of drug-likeness (QED) is 0.866. The molecule has 18 heavy (non-hydrogen) atoms. The van der Waals surface area contributed by atoms with E-state index in [0.29, 0.717) is 0 Å². The molecule has 0 amide bonds. The number of nitrogens with zero attached hydrogens (tertiary/aromatic N) is 3. The molecule has 0 saturated carbocycles. The molecule has 5 nitrogen and oxygen atoms in total. The third-order valence-corrected chi connectivity index (χ3v) is 3.72. The van der Waals surface area contributed by atoms with Crippen molar-refractivity contribution in [3.8, 4) is 5.75 Å². The molecule has 2 rings (SSSR count). The van der Waals surface area contributed by atoms with Crippen molar-refractivity contribution in [3.05, 3.63) is 28.2 Å². The Kier molecular flexibility index (Phi) is 4.33. The van der Waals surface area contributed by atoms with Gasteiger partial charge in [0.2, 0.25) is 0 Å². The zero-order valence-corrected chi connectivity index (χ0v) is 11.7. The van der Waals surface area contributed by atoms with Gasteiger partial charge in [-0.05, 0) is 18.0 Å². The van der Waals surface area contributed by atoms with Crippen LogP contribution in [-0.2, 0) is 13.5 Å². The van der Waals surface area contributed by atoms with Gasteiger partial charge in [0.15, 0.2) is 0 Å². The van der Waals surface area contributed by atoms with Gasteiger partial charge < -0.3 is 10.1 Å². The van der Waals surface area contributed by atoms with Crippen LogP contribution in [0, 0.1) is 0 Å². The number of ether oxygens (including phenoxy) is 1. The number of hydrogen-bond donors (Lipinski definition) is 1. The number of likely N-dealkylation sites (N-methyl/N-ethyl adjacent to an activating group) is 1. The Morgan fingerprint density at radius 1 is 1.56 bits per heavy atom. The van der Waals surface area contributed by atoms with E-state index in [4.69, 9.17) is 4.74 Å². The lowest BCUT2D eigenvalue weighted by Crippen LogP contribution is -2.22. The maximum absolute atomic E-state index is 5.38. The van der Waals surface area contributed by atoms with Gasteiger partial charge in [-0.1, -0.05) is 12.1 Å². The average Bonchev–Trinajstić information content (AvgIpc) is 2.97. The van der Waals surface area contributed by atoms with E-state index in [2.05, 4.69) is 27.9 Å². The Bertz CT molecular complexity index is 494. The van der Waals surface area contributed by atoms with Crippen molar-refractivity contribution in [1.29, 1.82) is 0 Å². The molecule has 0 aliphatic carbocycles. The van der Waals surface area contributed by atoms with Gasteiger partial charge in [0, 0.05) is 19.7 Å². The van der Waals surface area contributed by atoms with Gasteiger partial charge in [0.05, 0.1) is 23.7 Å². The van der Waals surface area contributed by atoms with Crippen molar-refractivity contribution >= 4 is 11.3 Å². The molecule has 2 aromatic rings. The largest absolute Gasteiger partial charge is 0.496 e. The lowest BCUT2D eigenvalue weighted by Gasteiger charge is -2.16. The number of rotatable bonds is 6. The van der Waals surface area contributed by atoms with Gasteiger partial charge in [0.1, 0.15) is 5.75 Å². The van der Waals surface area contributed by atoms with Crippen LogP contribution in [-0.4, -0.2) is 28.6 Å². The minimum atomic E-state index is 0.224. The predicted molar refractivity (Wildman–Crippen MR) is 72.0 cm³/mol. The summed E-state index contributed by atoms with van der Waals surface area (Å²) >= 11 is 1.71. The number of aryl methyl sites for hydroxylation is 1. The molecular weight excluding hydrogens is 248 g/mol. The van der Waals surface area contributed by atoms with Crippen molar-refractivity contribution in [1.82, 2.24) is 20.3 Å². The van der Waals surface area contributed by atoms with Crippen LogP contribution in [0.2, 0.25) is 0 Å². The summed E-state index contributed by atoms with van der Waals surface area (Å²) in [6.45, 7) is 3.01. The van der Waals surface area contributed by atoms with E-state index in [1.54, 1.807) is 23.1 Å². The fourth-order valence-electron chi connectivity index (χ4n) is 1.93. The molecule has 0 aliphatic heterocycles. The molecule has 6 heteroatoms. The standard InChI is InChI=1S/C12H18N4OS/c1-4-13-10(7-9-8-16(2)15-14-9)12-11(17-3)5-6-18-12/h5-6,8,10,13H,4,7H2,1-3H3. The third-order valence-electron chi connectivity index (χ3n) is 2.71. The van der Waals surface area contributed by atoms with E-state index in [1.807, 2.05) is 19.3 Å². The Balaban J connectivity index is 2.17. The van der Waals surface area contributed by atoms with Gasteiger partial charge in [-0.15, -0.1) is 16.4 Å². The van der Waals surface area contributed by atoms with Crippen molar-refractivity contribution in [3.63, 3.8) is 0 Å². The van der Waals surface area contributed by atoms with Gasteiger partial charge in [0.25, 0.3) is 0 Å². The van der Waals surface area contributed by atoms with Crippen molar-refractivity contribution in [2.24, 2.45) is 7.05 Å². The van der Waals surface area contributed by atoms with E-state index in [1.165, 1.54) is 4.88 Å². The minimum absolute atomic E-state index is 0.224. The molecule has 0 aliphatic rings. The number of thiophene rings is 1. The highest BCUT2D eigenvalue weighted by molar-refractivity contribution is 7.10. The van der Waals surface area contributed by atoms with E-state index < -0.39 is 0 Å². The SMILES string of the molecule is CCNC(Cc1cn(C)nn1)c1sccc1OC. The first-order valence-electron chi connectivity index (χ1n) is 5.94. The number of methoxy groups -OCH3 is 1. The average molecular weight is 266 g/mol. The maximum Gasteiger partial charge on any atom is 0.134 e. The molecule has 1 N–H and O–H groups in total. The van der Waals surface area contributed by atoms with E-state index in [9.17, 15) is 0 Å². The molecule has 0 saturated heterocycles. The van der Waals surface area contributed by atoms with Gasteiger partial charge in [-0.3, -0.25) is 4.68 Å². The maximum atomic E-state index is 5.38. The van der Waals surface area contributed by atoms with E-state index in [-0.39, 0.29) is 6.04 Å². The molecule has 0 radical (unpaired) electrons. The Labute approximate surface area is 111 Å². The molecule has 2 heterocycles. The molecule has 1 unspecified atom stereocenters. The summed E-state index contributed by atoms with van der Waals surface area (Å²) < 4.78 is 7.11. The van der Waals surface area contributed by atoms with Crippen LogP contribution in [0.25, 0.3) is 0 Å². The highest BCUT2D eigenvalue weighted by Crippen LogP contribution is 2.32. The Morgan fingerprint density at radius 2 is 2.39 bits per heavy atom. The summed E-state index contributed by atoms with van der Waals surface area (Å²) in [4.78, 5) is 1.21. The normalized spacial score (nSPS) is 12.6. The monoisotopic (exact) mass is 266 g/mol. The lowest BCUT2D eigenvalue weighted by atomic mass is 10.1. The van der Waals surface area contributed by atoms with Gasteiger partial charge in [-0.2, -0.15) is 0 Å².